The van der Waals surface area contributed by atoms with Gasteiger partial charge in [0.25, 0.3) is 0 Å². The molecule has 0 amide bonds. The SMILES string of the molecule is COc1cc2[nH]nc(-c3ccc(N4CCN(C)CC4)nc3)c2nc1C1(C#N)CCc2ccccc21. The number of benzene rings is 1. The van der Waals surface area contributed by atoms with Crippen molar-refractivity contribution in [2.24, 2.45) is 0 Å². The number of hydrogen-bond donors (Lipinski definition) is 1. The van der Waals surface area contributed by atoms with E-state index in [2.05, 4.69) is 45.2 Å². The lowest BCUT2D eigenvalue weighted by Crippen LogP contribution is -2.44. The normalized spacial score (nSPS) is 20.1. The predicted molar refractivity (Wildman–Crippen MR) is 135 cm³/mol. The maximum absolute atomic E-state index is 10.4. The van der Waals surface area contributed by atoms with E-state index in [0.717, 1.165) is 60.8 Å². The van der Waals surface area contributed by atoms with Crippen LogP contribution in [0.2, 0.25) is 0 Å². The van der Waals surface area contributed by atoms with E-state index >= 15 is 0 Å². The molecule has 0 spiro atoms. The van der Waals surface area contributed by atoms with Gasteiger partial charge < -0.3 is 14.5 Å². The predicted octanol–water partition coefficient (Wildman–Crippen LogP) is 3.54. The number of aromatic amines is 1. The molecule has 0 bridgehead atoms. The van der Waals surface area contributed by atoms with Crippen molar-refractivity contribution >= 4 is 16.9 Å². The van der Waals surface area contributed by atoms with Gasteiger partial charge in [0.1, 0.15) is 33.9 Å². The molecule has 1 aliphatic carbocycles. The molecule has 1 atom stereocenters. The van der Waals surface area contributed by atoms with Crippen molar-refractivity contribution < 1.29 is 4.74 Å². The summed E-state index contributed by atoms with van der Waals surface area (Å²) >= 11 is 0. The summed E-state index contributed by atoms with van der Waals surface area (Å²) in [4.78, 5) is 14.4. The lowest BCUT2D eigenvalue weighted by Gasteiger charge is -2.33. The van der Waals surface area contributed by atoms with Gasteiger partial charge >= 0.3 is 0 Å². The molecule has 35 heavy (non-hydrogen) atoms. The number of aromatic nitrogens is 4. The van der Waals surface area contributed by atoms with Crippen LogP contribution in [0.15, 0.2) is 48.7 Å². The minimum atomic E-state index is -0.853. The molecular formula is C27H27N7O. The zero-order chi connectivity index (χ0) is 24.0. The Morgan fingerprint density at radius 3 is 2.69 bits per heavy atom. The van der Waals surface area contributed by atoms with E-state index in [1.54, 1.807) is 7.11 Å². The fraction of sp³-hybridized carbons (Fsp3) is 0.333. The highest BCUT2D eigenvalue weighted by molar-refractivity contribution is 5.90. The molecule has 4 heterocycles. The van der Waals surface area contributed by atoms with Crippen molar-refractivity contribution in [2.75, 3.05) is 45.2 Å². The van der Waals surface area contributed by atoms with Crippen LogP contribution in [0.1, 0.15) is 23.2 Å². The average Bonchev–Trinajstić information content (AvgIpc) is 3.50. The molecule has 8 nitrogen and oxygen atoms in total. The average molecular weight is 466 g/mol. The van der Waals surface area contributed by atoms with Gasteiger partial charge in [-0.2, -0.15) is 10.4 Å². The number of hydrogen-bond acceptors (Lipinski definition) is 7. The number of nitriles is 1. The van der Waals surface area contributed by atoms with Gasteiger partial charge in [-0.15, -0.1) is 0 Å². The van der Waals surface area contributed by atoms with E-state index in [9.17, 15) is 5.26 Å². The van der Waals surface area contributed by atoms with Gasteiger partial charge in [-0.05, 0) is 43.1 Å². The van der Waals surface area contributed by atoms with Gasteiger partial charge in [0, 0.05) is 44.0 Å². The molecule has 1 unspecified atom stereocenters. The van der Waals surface area contributed by atoms with Crippen LogP contribution in [-0.4, -0.2) is 65.4 Å². The van der Waals surface area contributed by atoms with E-state index < -0.39 is 5.41 Å². The molecule has 6 rings (SSSR count). The molecule has 1 aliphatic heterocycles. The summed E-state index contributed by atoms with van der Waals surface area (Å²) in [5, 5.41) is 18.1. The molecule has 1 N–H and O–H groups in total. The summed E-state index contributed by atoms with van der Waals surface area (Å²) in [5.41, 5.74) is 5.08. The number of methoxy groups -OCH3 is 1. The Kier molecular flexibility index (Phi) is 5.15. The summed E-state index contributed by atoms with van der Waals surface area (Å²) in [5.74, 6) is 1.57. The topological polar surface area (TPSA) is 94.0 Å². The second kappa shape index (κ2) is 8.36. The van der Waals surface area contributed by atoms with Crippen LogP contribution in [-0.2, 0) is 11.8 Å². The van der Waals surface area contributed by atoms with E-state index in [1.165, 1.54) is 5.56 Å². The van der Waals surface area contributed by atoms with Crippen LogP contribution < -0.4 is 9.64 Å². The summed E-state index contributed by atoms with van der Waals surface area (Å²) < 4.78 is 5.73. The first-order chi connectivity index (χ1) is 17.1. The molecule has 1 saturated heterocycles. The van der Waals surface area contributed by atoms with Gasteiger partial charge in [-0.3, -0.25) is 5.10 Å². The number of rotatable bonds is 4. The number of anilines is 1. The molecule has 4 aromatic rings. The highest BCUT2D eigenvalue weighted by atomic mass is 16.5. The molecule has 1 aromatic carbocycles. The number of ether oxygens (including phenoxy) is 1. The van der Waals surface area contributed by atoms with Crippen molar-refractivity contribution in [3.05, 3.63) is 65.5 Å². The van der Waals surface area contributed by atoms with Crippen LogP contribution in [0, 0.1) is 11.3 Å². The second-order valence-corrected chi connectivity index (χ2v) is 9.38. The molecule has 8 heteroatoms. The van der Waals surface area contributed by atoms with Gasteiger partial charge in [0.15, 0.2) is 0 Å². The molecule has 3 aromatic heterocycles. The molecule has 0 saturated carbocycles. The van der Waals surface area contributed by atoms with Crippen molar-refractivity contribution in [3.8, 4) is 23.1 Å². The Hall–Kier alpha value is -3.96. The number of fused-ring (bicyclic) bond motifs is 2. The number of nitrogens with zero attached hydrogens (tertiary/aromatic N) is 6. The Labute approximate surface area is 204 Å². The number of piperazine rings is 1. The molecule has 0 radical (unpaired) electrons. The Balaban J connectivity index is 1.42. The zero-order valence-electron chi connectivity index (χ0n) is 20.0. The quantitative estimate of drug-likeness (QED) is 0.493. The van der Waals surface area contributed by atoms with Crippen molar-refractivity contribution in [1.82, 2.24) is 25.1 Å². The Morgan fingerprint density at radius 1 is 1.11 bits per heavy atom. The highest BCUT2D eigenvalue weighted by Crippen LogP contribution is 2.47. The summed E-state index contributed by atoms with van der Waals surface area (Å²) in [6.07, 6.45) is 3.37. The van der Waals surface area contributed by atoms with Gasteiger partial charge in [-0.1, -0.05) is 24.3 Å². The summed E-state index contributed by atoms with van der Waals surface area (Å²) in [6, 6.07) is 16.7. The first kappa shape index (κ1) is 21.6. The number of H-pyrrole nitrogens is 1. The number of pyridine rings is 2. The largest absolute Gasteiger partial charge is 0.495 e. The monoisotopic (exact) mass is 465 g/mol. The van der Waals surface area contributed by atoms with Crippen molar-refractivity contribution in [1.29, 1.82) is 5.26 Å². The Morgan fingerprint density at radius 2 is 1.94 bits per heavy atom. The van der Waals surface area contributed by atoms with Crippen LogP contribution in [0.25, 0.3) is 22.3 Å². The summed E-state index contributed by atoms with van der Waals surface area (Å²) in [7, 11) is 3.77. The third-order valence-corrected chi connectivity index (χ3v) is 7.41. The summed E-state index contributed by atoms with van der Waals surface area (Å²) in [6.45, 7) is 4.00. The maximum atomic E-state index is 10.4. The lowest BCUT2D eigenvalue weighted by atomic mass is 9.79. The first-order valence-electron chi connectivity index (χ1n) is 12.0. The first-order valence-corrected chi connectivity index (χ1v) is 12.0. The second-order valence-electron chi connectivity index (χ2n) is 9.38. The maximum Gasteiger partial charge on any atom is 0.144 e. The molecule has 176 valence electrons. The van der Waals surface area contributed by atoms with E-state index in [1.807, 2.05) is 36.5 Å². The lowest BCUT2D eigenvalue weighted by molar-refractivity contribution is 0.312. The standard InChI is InChI=1S/C27H27N7O/c1-33-11-13-34(14-12-33)23-8-7-19(16-29-23)24-25-21(31-32-24)15-22(35-2)26(30-25)27(17-28)10-9-18-5-3-4-6-20(18)27/h3-8,15-16H,9-14H2,1-2H3,(H,31,32). The van der Waals surface area contributed by atoms with E-state index in [0.29, 0.717) is 23.4 Å². The Bertz CT molecular complexity index is 1430. The third kappa shape index (κ3) is 3.43. The third-order valence-electron chi connectivity index (χ3n) is 7.41. The van der Waals surface area contributed by atoms with Crippen LogP contribution in [0.4, 0.5) is 5.82 Å². The minimum absolute atomic E-state index is 0.592. The van der Waals surface area contributed by atoms with Gasteiger partial charge in [0.2, 0.25) is 0 Å². The van der Waals surface area contributed by atoms with Gasteiger partial charge in [-0.25, -0.2) is 9.97 Å². The molecule has 1 fully saturated rings. The van der Waals surface area contributed by atoms with Crippen LogP contribution >= 0.6 is 0 Å². The van der Waals surface area contributed by atoms with Crippen LogP contribution in [0.5, 0.6) is 5.75 Å². The fourth-order valence-electron chi connectivity index (χ4n) is 5.37. The smallest absolute Gasteiger partial charge is 0.144 e. The molecular weight excluding hydrogens is 438 g/mol. The van der Waals surface area contributed by atoms with E-state index in [-0.39, 0.29) is 0 Å². The van der Waals surface area contributed by atoms with Crippen LogP contribution in [0.3, 0.4) is 0 Å². The minimum Gasteiger partial charge on any atom is -0.495 e. The van der Waals surface area contributed by atoms with Gasteiger partial charge in [0.05, 0.1) is 18.7 Å². The van der Waals surface area contributed by atoms with Crippen molar-refractivity contribution in [3.63, 3.8) is 0 Å². The molecule has 2 aliphatic rings. The number of aryl methyl sites for hydroxylation is 1. The number of nitrogens with one attached hydrogen (secondary N) is 1. The highest BCUT2D eigenvalue weighted by Gasteiger charge is 2.44. The number of likely N-dealkylation sites (N-methyl/N-ethyl adjacent to an activating group) is 1. The zero-order valence-corrected chi connectivity index (χ0v) is 20.0. The fourth-order valence-corrected chi connectivity index (χ4v) is 5.37. The van der Waals surface area contributed by atoms with E-state index in [4.69, 9.17) is 14.7 Å². The van der Waals surface area contributed by atoms with Crippen molar-refractivity contribution in [2.45, 2.75) is 18.3 Å².